The van der Waals surface area contributed by atoms with Gasteiger partial charge in [0.1, 0.15) is 16.1 Å². The molecular formula is C23H28FN7O3S. The summed E-state index contributed by atoms with van der Waals surface area (Å²) < 4.78 is 19.6. The Kier molecular flexibility index (Phi) is 6.58. The fourth-order valence-corrected chi connectivity index (χ4v) is 4.42. The molecule has 0 aromatic carbocycles. The monoisotopic (exact) mass is 501 g/mol. The minimum Gasteiger partial charge on any atom is -0.444 e. The molecule has 2 amide bonds. The third kappa shape index (κ3) is 5.47. The number of anilines is 1. The normalized spacial score (nSPS) is 15.0. The number of carbonyl (C=O) groups excluding carboxylic acids is 2. The highest BCUT2D eigenvalue weighted by Gasteiger charge is 2.38. The number of likely N-dealkylation sites (tertiary alicyclic amines) is 1. The molecule has 0 unspecified atom stereocenters. The van der Waals surface area contributed by atoms with Crippen molar-refractivity contribution in [2.45, 2.75) is 52.3 Å². The average molecular weight is 502 g/mol. The number of thiazole rings is 1. The van der Waals surface area contributed by atoms with Crippen LogP contribution in [0.25, 0.3) is 10.3 Å². The maximum atomic E-state index is 13.6. The number of hydrogen-bond donors (Lipinski definition) is 1. The van der Waals surface area contributed by atoms with E-state index in [-0.39, 0.29) is 29.6 Å². The number of halogens is 1. The zero-order valence-electron chi connectivity index (χ0n) is 20.5. The van der Waals surface area contributed by atoms with Crippen LogP contribution in [0.1, 0.15) is 54.8 Å². The van der Waals surface area contributed by atoms with Gasteiger partial charge in [-0.3, -0.25) is 9.78 Å². The molecular weight excluding hydrogens is 473 g/mol. The Bertz CT molecular complexity index is 1270. The lowest BCUT2D eigenvalue weighted by atomic mass is 10.1. The third-order valence-corrected chi connectivity index (χ3v) is 6.48. The van der Waals surface area contributed by atoms with E-state index in [1.165, 1.54) is 22.3 Å². The van der Waals surface area contributed by atoms with Crippen molar-refractivity contribution < 1.29 is 18.7 Å². The molecule has 1 atom stereocenters. The number of amides is 2. The van der Waals surface area contributed by atoms with Gasteiger partial charge in [0.25, 0.3) is 5.91 Å². The Morgan fingerprint density at radius 3 is 2.63 bits per heavy atom. The summed E-state index contributed by atoms with van der Waals surface area (Å²) in [6.07, 6.45) is 2.26. The van der Waals surface area contributed by atoms with Crippen LogP contribution >= 0.6 is 11.3 Å². The number of rotatable bonds is 5. The van der Waals surface area contributed by atoms with Crippen LogP contribution < -0.4 is 5.32 Å². The van der Waals surface area contributed by atoms with E-state index in [2.05, 4.69) is 25.3 Å². The van der Waals surface area contributed by atoms with Gasteiger partial charge in [-0.15, -0.1) is 11.3 Å². The quantitative estimate of drug-likeness (QED) is 0.562. The Morgan fingerprint density at radius 2 is 1.97 bits per heavy atom. The number of carbonyl (C=O) groups is 2. The number of nitrogens with one attached hydrogen (secondary N) is 1. The highest BCUT2D eigenvalue weighted by Crippen LogP contribution is 2.28. The highest BCUT2D eigenvalue weighted by atomic mass is 32.1. The van der Waals surface area contributed by atoms with Gasteiger partial charge in [-0.1, -0.05) is 0 Å². The summed E-state index contributed by atoms with van der Waals surface area (Å²) in [7, 11) is 1.67. The highest BCUT2D eigenvalue weighted by molar-refractivity contribution is 7.18. The van der Waals surface area contributed by atoms with Crippen LogP contribution in [0, 0.1) is 12.7 Å². The number of hydrogen-bond acceptors (Lipinski definition) is 9. The van der Waals surface area contributed by atoms with E-state index in [1.807, 2.05) is 34.6 Å². The van der Waals surface area contributed by atoms with E-state index in [9.17, 15) is 14.0 Å². The van der Waals surface area contributed by atoms with E-state index in [0.29, 0.717) is 29.0 Å². The third-order valence-electron chi connectivity index (χ3n) is 5.51. The minimum absolute atomic E-state index is 0.146. The zero-order valence-corrected chi connectivity index (χ0v) is 21.3. The number of aryl methyl sites for hydroxylation is 1. The van der Waals surface area contributed by atoms with E-state index >= 15 is 0 Å². The standard InChI is InChI=1S/C23H28FN7O3S/c1-12(14-7-15(24)9-25-8-14)26-21-28-17(18-19(29-21)27-13(2)35-18)20(32)31-10-16(11-31)30(6)22(33)34-23(3,4)5/h7-9,12,16H,10-11H2,1-6H3,(H,26,28,29)/t12-/m0/s1. The van der Waals surface area contributed by atoms with Crippen molar-refractivity contribution in [2.24, 2.45) is 0 Å². The Labute approximate surface area is 206 Å². The summed E-state index contributed by atoms with van der Waals surface area (Å²) in [5, 5.41) is 3.87. The first-order valence-corrected chi connectivity index (χ1v) is 12.0. The van der Waals surface area contributed by atoms with Crippen molar-refractivity contribution >= 4 is 39.6 Å². The van der Waals surface area contributed by atoms with Gasteiger partial charge in [0, 0.05) is 26.3 Å². The molecule has 186 valence electrons. The van der Waals surface area contributed by atoms with Gasteiger partial charge in [-0.25, -0.2) is 19.2 Å². The molecule has 4 heterocycles. The molecule has 1 aliphatic heterocycles. The maximum Gasteiger partial charge on any atom is 0.410 e. The predicted molar refractivity (Wildman–Crippen MR) is 130 cm³/mol. The van der Waals surface area contributed by atoms with Crippen molar-refractivity contribution in [2.75, 3.05) is 25.5 Å². The van der Waals surface area contributed by atoms with Crippen LogP contribution in [0.5, 0.6) is 0 Å². The molecule has 3 aromatic heterocycles. The fourth-order valence-electron chi connectivity index (χ4n) is 3.58. The van der Waals surface area contributed by atoms with E-state index in [0.717, 1.165) is 11.2 Å². The van der Waals surface area contributed by atoms with Gasteiger partial charge < -0.3 is 19.9 Å². The lowest BCUT2D eigenvalue weighted by molar-refractivity contribution is -0.00214. The molecule has 1 aliphatic rings. The molecule has 1 fully saturated rings. The van der Waals surface area contributed by atoms with Crippen LogP contribution in [0.2, 0.25) is 0 Å². The molecule has 1 saturated heterocycles. The average Bonchev–Trinajstić information content (AvgIpc) is 3.10. The fraction of sp³-hybridized carbons (Fsp3) is 0.478. The largest absolute Gasteiger partial charge is 0.444 e. The minimum atomic E-state index is -0.594. The van der Waals surface area contributed by atoms with Crippen molar-refractivity contribution in [3.63, 3.8) is 0 Å². The second kappa shape index (κ2) is 9.33. The second-order valence-corrected chi connectivity index (χ2v) is 10.7. The van der Waals surface area contributed by atoms with Crippen LogP contribution in [-0.2, 0) is 4.74 Å². The molecule has 12 heteroatoms. The van der Waals surface area contributed by atoms with Crippen molar-refractivity contribution in [1.29, 1.82) is 0 Å². The number of likely N-dealkylation sites (N-methyl/N-ethyl adjacent to an activating group) is 1. The molecule has 0 saturated carbocycles. The van der Waals surface area contributed by atoms with E-state index in [4.69, 9.17) is 4.74 Å². The SMILES string of the molecule is Cc1nc2nc(N[C@@H](C)c3cncc(F)c3)nc(C(=O)N3CC(N(C)C(=O)OC(C)(C)C)C3)c2s1. The molecule has 4 rings (SSSR count). The number of nitrogens with zero attached hydrogens (tertiary/aromatic N) is 6. The molecule has 0 bridgehead atoms. The summed E-state index contributed by atoms with van der Waals surface area (Å²) in [4.78, 5) is 46.1. The van der Waals surface area contributed by atoms with Crippen LogP contribution in [0.4, 0.5) is 15.1 Å². The molecule has 3 aromatic rings. The van der Waals surface area contributed by atoms with Crippen LogP contribution in [0.3, 0.4) is 0 Å². The molecule has 35 heavy (non-hydrogen) atoms. The maximum absolute atomic E-state index is 13.6. The predicted octanol–water partition coefficient (Wildman–Crippen LogP) is 3.79. The lowest BCUT2D eigenvalue weighted by Gasteiger charge is -2.43. The van der Waals surface area contributed by atoms with Gasteiger partial charge in [0.15, 0.2) is 11.3 Å². The molecule has 0 spiro atoms. The first-order valence-electron chi connectivity index (χ1n) is 11.2. The van der Waals surface area contributed by atoms with Crippen molar-refractivity contribution in [1.82, 2.24) is 29.7 Å². The summed E-state index contributed by atoms with van der Waals surface area (Å²) in [5.74, 6) is -0.494. The Hall–Kier alpha value is -3.41. The lowest BCUT2D eigenvalue weighted by Crippen LogP contribution is -2.61. The summed E-state index contributed by atoms with van der Waals surface area (Å²) >= 11 is 1.35. The second-order valence-electron chi connectivity index (χ2n) is 9.54. The van der Waals surface area contributed by atoms with Crippen LogP contribution in [0.15, 0.2) is 18.5 Å². The molecule has 1 N–H and O–H groups in total. The zero-order chi connectivity index (χ0) is 25.5. The van der Waals surface area contributed by atoms with Gasteiger partial charge in [-0.2, -0.15) is 4.98 Å². The molecule has 0 aliphatic carbocycles. The smallest absolute Gasteiger partial charge is 0.410 e. The summed E-state index contributed by atoms with van der Waals surface area (Å²) in [5.41, 5.74) is 0.683. The van der Waals surface area contributed by atoms with E-state index < -0.39 is 17.5 Å². The van der Waals surface area contributed by atoms with Gasteiger partial charge in [-0.05, 0) is 46.2 Å². The van der Waals surface area contributed by atoms with Gasteiger partial charge in [0.05, 0.1) is 23.3 Å². The first kappa shape index (κ1) is 24.7. The number of ether oxygens (including phenoxy) is 1. The van der Waals surface area contributed by atoms with Crippen molar-refractivity contribution in [3.8, 4) is 0 Å². The number of fused-ring (bicyclic) bond motifs is 1. The molecule has 10 nitrogen and oxygen atoms in total. The summed E-state index contributed by atoms with van der Waals surface area (Å²) in [6.45, 7) is 9.82. The topological polar surface area (TPSA) is 113 Å². The number of pyridine rings is 1. The first-order chi connectivity index (χ1) is 16.4. The summed E-state index contributed by atoms with van der Waals surface area (Å²) in [6, 6.07) is 0.880. The molecule has 0 radical (unpaired) electrons. The van der Waals surface area contributed by atoms with Gasteiger partial charge >= 0.3 is 6.09 Å². The van der Waals surface area contributed by atoms with Gasteiger partial charge in [0.2, 0.25) is 5.95 Å². The number of aromatic nitrogens is 4. The Morgan fingerprint density at radius 1 is 1.26 bits per heavy atom. The van der Waals surface area contributed by atoms with E-state index in [1.54, 1.807) is 18.1 Å². The van der Waals surface area contributed by atoms with Crippen LogP contribution in [-0.4, -0.2) is 73.5 Å². The Balaban J connectivity index is 1.52. The van der Waals surface area contributed by atoms with Crippen molar-refractivity contribution in [3.05, 3.63) is 40.5 Å².